The Labute approximate surface area is 210 Å². The van der Waals surface area contributed by atoms with Gasteiger partial charge in [0.15, 0.2) is 0 Å². The summed E-state index contributed by atoms with van der Waals surface area (Å²) >= 11 is 0. The zero-order valence-corrected chi connectivity index (χ0v) is 20.2. The highest BCUT2D eigenvalue weighted by Crippen LogP contribution is 2.49. The van der Waals surface area contributed by atoms with Crippen molar-refractivity contribution in [1.82, 2.24) is 10.6 Å². The third-order valence-electron chi connectivity index (χ3n) is 6.29. The van der Waals surface area contributed by atoms with Gasteiger partial charge in [-0.15, -0.1) is 0 Å². The van der Waals surface area contributed by atoms with E-state index in [0.717, 1.165) is 6.07 Å². The van der Waals surface area contributed by atoms with E-state index in [1.54, 1.807) is 17.0 Å². The second-order valence-electron chi connectivity index (χ2n) is 8.71. The van der Waals surface area contributed by atoms with Gasteiger partial charge in [-0.2, -0.15) is 26.3 Å². The minimum absolute atomic E-state index is 0.0325. The molecule has 0 bridgehead atoms. The first-order valence-corrected chi connectivity index (χ1v) is 12.7. The van der Waals surface area contributed by atoms with Gasteiger partial charge in [-0.1, -0.05) is 0 Å². The molecule has 7 nitrogen and oxygen atoms in total. The monoisotopic (exact) mass is 547 g/mol. The highest BCUT2D eigenvalue weighted by atomic mass is 32.2. The van der Waals surface area contributed by atoms with Crippen LogP contribution in [-0.4, -0.2) is 64.5 Å². The maximum absolute atomic E-state index is 14.2. The molecule has 2 fully saturated rings. The van der Waals surface area contributed by atoms with Crippen LogP contribution in [0.4, 0.5) is 43.4 Å². The molecule has 2 saturated heterocycles. The van der Waals surface area contributed by atoms with Crippen LogP contribution in [0, 0.1) is 4.51 Å². The van der Waals surface area contributed by atoms with Crippen LogP contribution in [0.1, 0.15) is 5.56 Å². The predicted octanol–water partition coefficient (Wildman–Crippen LogP) is 3.39. The van der Waals surface area contributed by atoms with Gasteiger partial charge in [0.25, 0.3) is 0 Å². The maximum atomic E-state index is 14.2. The highest BCUT2D eigenvalue weighted by molar-refractivity contribution is 8.05. The number of rotatable bonds is 3. The number of carbonyl (C=O) groups excluding carboxylic acids is 1. The van der Waals surface area contributed by atoms with E-state index in [0.29, 0.717) is 58.0 Å². The quantitative estimate of drug-likeness (QED) is 0.454. The lowest BCUT2D eigenvalue weighted by Gasteiger charge is -2.31. The van der Waals surface area contributed by atoms with Crippen LogP contribution in [0.15, 0.2) is 40.2 Å². The predicted molar refractivity (Wildman–Crippen MR) is 126 cm³/mol. The average Bonchev–Trinajstić information content (AvgIpc) is 2.87. The first-order valence-electron chi connectivity index (χ1n) is 11.6. The molecule has 1 atom stereocenters. The Bertz CT molecular complexity index is 1330. The zero-order valence-electron chi connectivity index (χ0n) is 19.4. The van der Waals surface area contributed by atoms with E-state index < -0.39 is 40.3 Å². The van der Waals surface area contributed by atoms with Crippen molar-refractivity contribution < 1.29 is 35.3 Å². The minimum Gasteiger partial charge on any atom is -0.388 e. The van der Waals surface area contributed by atoms with Crippen LogP contribution in [0.2, 0.25) is 0 Å². The Hall–Kier alpha value is -2.84. The molecule has 1 unspecified atom stereocenters. The number of piperazine rings is 2. The van der Waals surface area contributed by atoms with Crippen molar-refractivity contribution in [3.05, 3.63) is 45.8 Å². The topological polar surface area (TPSA) is 69.2 Å². The Morgan fingerprint density at radius 2 is 1.46 bits per heavy atom. The smallest absolute Gasteiger partial charge is 0.388 e. The summed E-state index contributed by atoms with van der Waals surface area (Å²) in [5.74, 6) is -2.47. The van der Waals surface area contributed by atoms with E-state index >= 15 is 0 Å². The molecule has 0 amide bonds. The fourth-order valence-corrected chi connectivity index (χ4v) is 6.24. The van der Waals surface area contributed by atoms with Crippen molar-refractivity contribution in [2.75, 3.05) is 62.2 Å². The first kappa shape index (κ1) is 25.8. The largest absolute Gasteiger partial charge is 0.492 e. The second-order valence-corrected chi connectivity index (χ2v) is 10.3. The number of hydrogen-bond acceptors (Lipinski definition) is 7. The van der Waals surface area contributed by atoms with Crippen molar-refractivity contribution >= 4 is 33.8 Å². The molecule has 2 aromatic carbocycles. The molecule has 37 heavy (non-hydrogen) atoms. The van der Waals surface area contributed by atoms with Gasteiger partial charge < -0.3 is 24.6 Å². The lowest BCUT2D eigenvalue weighted by molar-refractivity contribution is -0.188. The molecule has 3 heterocycles. The van der Waals surface area contributed by atoms with Crippen LogP contribution in [-0.2, 0) is 15.2 Å². The molecule has 3 aliphatic rings. The van der Waals surface area contributed by atoms with Crippen molar-refractivity contribution in [2.24, 2.45) is 4.99 Å². The normalized spacial score (nSPS) is 20.1. The SMILES string of the molecule is O=C(OS1=c2cc(N3CCNCC3)ccc2=Nc2c1cc(N1CCNCC1)cc2C(F)(F)F)C(F)(F)F. The Morgan fingerprint density at radius 3 is 2.03 bits per heavy atom. The minimum atomic E-state index is -5.32. The number of benzene rings is 2. The van der Waals surface area contributed by atoms with E-state index in [-0.39, 0.29) is 20.5 Å². The number of fused-ring (bicyclic) bond motifs is 2. The van der Waals surface area contributed by atoms with Gasteiger partial charge in [0.2, 0.25) is 0 Å². The molecule has 0 aromatic heterocycles. The molecule has 5 rings (SSSR count). The van der Waals surface area contributed by atoms with E-state index in [1.165, 1.54) is 12.1 Å². The standard InChI is InChI=1S/C23H23F6N5O2S/c24-22(25,26)16-11-15(34-9-5-31-6-10-34)13-19-20(16)32-17-2-1-14(33-7-3-30-4-8-33)12-18(17)37(19)36-21(35)23(27,28)29/h1-2,11-13,30-31H,3-10H2. The number of hydrogen-bond donors (Lipinski definition) is 2. The highest BCUT2D eigenvalue weighted by Gasteiger charge is 2.43. The van der Waals surface area contributed by atoms with Gasteiger partial charge >= 0.3 is 18.3 Å². The molecular formula is C23H23F6N5O2S. The summed E-state index contributed by atoms with van der Waals surface area (Å²) in [5.41, 5.74) is -0.776. The summed E-state index contributed by atoms with van der Waals surface area (Å²) in [7, 11) is -2.09. The number of anilines is 2. The average molecular weight is 548 g/mol. The Balaban J connectivity index is 1.75. The van der Waals surface area contributed by atoms with E-state index in [2.05, 4.69) is 15.6 Å². The van der Waals surface area contributed by atoms with E-state index in [4.69, 9.17) is 4.18 Å². The van der Waals surface area contributed by atoms with Crippen molar-refractivity contribution in [3.8, 4) is 0 Å². The molecular weight excluding hydrogens is 524 g/mol. The van der Waals surface area contributed by atoms with Gasteiger partial charge in [-0.05, 0) is 30.3 Å². The molecule has 2 aromatic rings. The summed E-state index contributed by atoms with van der Waals surface area (Å²) in [6.07, 6.45) is -10.2. The fraction of sp³-hybridized carbons (Fsp3) is 0.435. The lowest BCUT2D eigenvalue weighted by Crippen LogP contribution is -2.43. The fourth-order valence-electron chi connectivity index (χ4n) is 4.49. The van der Waals surface area contributed by atoms with Crippen molar-refractivity contribution in [1.29, 1.82) is 0 Å². The third-order valence-corrected chi connectivity index (χ3v) is 8.05. The zero-order chi connectivity index (χ0) is 26.4. The van der Waals surface area contributed by atoms with Crippen LogP contribution >= 0.6 is 10.8 Å². The van der Waals surface area contributed by atoms with Gasteiger partial charge in [-0.3, -0.25) is 0 Å². The molecule has 0 saturated carbocycles. The Kier molecular flexibility index (Phi) is 6.83. The number of alkyl halides is 6. The molecule has 0 spiro atoms. The number of halogens is 6. The van der Waals surface area contributed by atoms with Crippen molar-refractivity contribution in [3.63, 3.8) is 0 Å². The number of nitrogens with one attached hydrogen (secondary N) is 2. The van der Waals surface area contributed by atoms with Gasteiger partial charge in [0, 0.05) is 74.5 Å². The molecule has 200 valence electrons. The summed E-state index contributed by atoms with van der Waals surface area (Å²) in [6, 6.07) is 7.01. The third kappa shape index (κ3) is 5.27. The summed E-state index contributed by atoms with van der Waals surface area (Å²) in [5, 5.41) is 6.34. The van der Waals surface area contributed by atoms with Crippen molar-refractivity contribution in [2.45, 2.75) is 17.2 Å². The summed E-state index contributed by atoms with van der Waals surface area (Å²) in [4.78, 5) is 19.7. The second kappa shape index (κ2) is 9.80. The van der Waals surface area contributed by atoms with Crippen LogP contribution in [0.25, 0.3) is 0 Å². The summed E-state index contributed by atoms with van der Waals surface area (Å²) < 4.78 is 87.4. The number of nitrogens with zero attached hydrogens (tertiary/aromatic N) is 3. The van der Waals surface area contributed by atoms with Gasteiger partial charge in [-0.25, -0.2) is 9.79 Å². The Morgan fingerprint density at radius 1 is 0.865 bits per heavy atom. The van der Waals surface area contributed by atoms with Crippen LogP contribution in [0.5, 0.6) is 0 Å². The molecule has 3 aliphatic heterocycles. The molecule has 0 radical (unpaired) electrons. The van der Waals surface area contributed by atoms with E-state index in [1.807, 2.05) is 4.90 Å². The van der Waals surface area contributed by atoms with Gasteiger partial charge in [0.1, 0.15) is 0 Å². The van der Waals surface area contributed by atoms with E-state index in [9.17, 15) is 31.1 Å². The lowest BCUT2D eigenvalue weighted by atomic mass is 10.1. The molecule has 14 heteroatoms. The molecule has 2 N–H and O–H groups in total. The maximum Gasteiger partial charge on any atom is 0.492 e. The first-order chi connectivity index (χ1) is 17.5. The summed E-state index contributed by atoms with van der Waals surface area (Å²) in [6.45, 7) is 4.55. The number of carbonyl (C=O) groups is 1. The van der Waals surface area contributed by atoms with Crippen LogP contribution < -0.4 is 25.8 Å². The van der Waals surface area contributed by atoms with Crippen LogP contribution in [0.3, 0.4) is 0 Å². The van der Waals surface area contributed by atoms with Gasteiger partial charge in [0.05, 0.1) is 26.0 Å². The molecule has 0 aliphatic carbocycles.